The molecule has 4 rings (SSSR count). The molecule has 1 aliphatic heterocycles. The molecule has 1 saturated heterocycles. The summed E-state index contributed by atoms with van der Waals surface area (Å²) in [6.45, 7) is 9.75. The van der Waals surface area contributed by atoms with Gasteiger partial charge in [-0.2, -0.15) is 4.31 Å². The highest BCUT2D eigenvalue weighted by molar-refractivity contribution is 7.61. The van der Waals surface area contributed by atoms with Crippen LogP contribution in [-0.2, 0) is 28.0 Å². The number of aromatic amines is 1. The molecule has 0 spiro atoms. The van der Waals surface area contributed by atoms with Gasteiger partial charge in [-0.1, -0.05) is 20.8 Å². The van der Waals surface area contributed by atoms with Crippen LogP contribution in [-0.4, -0.2) is 67.8 Å². The lowest BCUT2D eigenvalue weighted by Gasteiger charge is -2.31. The minimum absolute atomic E-state index is 0.306. The van der Waals surface area contributed by atoms with Crippen molar-refractivity contribution in [1.29, 1.82) is 0 Å². The maximum Gasteiger partial charge on any atom is 0.481 e. The minimum atomic E-state index is -4.98. The average molecular weight is 497 g/mol. The van der Waals surface area contributed by atoms with Gasteiger partial charge in [0.05, 0.1) is 12.1 Å². The number of H-pyrrole nitrogens is 1. The van der Waals surface area contributed by atoms with Gasteiger partial charge in [0.1, 0.15) is 12.2 Å². The summed E-state index contributed by atoms with van der Waals surface area (Å²) in [6.07, 6.45) is -1.12. The van der Waals surface area contributed by atoms with Crippen molar-refractivity contribution in [1.82, 2.24) is 14.5 Å². The van der Waals surface area contributed by atoms with Crippen LogP contribution in [0, 0.1) is 11.8 Å². The largest absolute Gasteiger partial charge is 0.481 e. The molecular formula is C17H29N3O10P2. The van der Waals surface area contributed by atoms with E-state index in [1.165, 1.54) is 25.8 Å². The van der Waals surface area contributed by atoms with E-state index < -0.39 is 56.5 Å². The first-order valence-corrected chi connectivity index (χ1v) is 13.3. The van der Waals surface area contributed by atoms with Gasteiger partial charge in [0.15, 0.2) is 0 Å². The van der Waals surface area contributed by atoms with E-state index in [2.05, 4.69) is 35.0 Å². The second kappa shape index (κ2) is 9.25. The summed E-state index contributed by atoms with van der Waals surface area (Å²) >= 11 is 0. The van der Waals surface area contributed by atoms with Crippen molar-refractivity contribution in [3.63, 3.8) is 0 Å². The number of hydrogen-bond acceptors (Lipinski definition) is 9. The highest BCUT2D eigenvalue weighted by atomic mass is 31.3. The Balaban J connectivity index is 0.000000360. The number of aliphatic hydroxyl groups excluding tert-OH is 1. The third-order valence-corrected chi connectivity index (χ3v) is 8.93. The molecule has 32 heavy (non-hydrogen) atoms. The van der Waals surface area contributed by atoms with Crippen molar-refractivity contribution >= 4 is 15.6 Å². The summed E-state index contributed by atoms with van der Waals surface area (Å²) in [4.78, 5) is 46.8. The van der Waals surface area contributed by atoms with Gasteiger partial charge < -0.3 is 19.8 Å². The third kappa shape index (κ3) is 4.86. The molecule has 7 atom stereocenters. The Morgan fingerprint density at radius 2 is 1.81 bits per heavy atom. The highest BCUT2D eigenvalue weighted by Crippen LogP contribution is 2.70. The minimum Gasteiger partial charge on any atom is -0.388 e. The van der Waals surface area contributed by atoms with Gasteiger partial charge in [-0.3, -0.25) is 23.4 Å². The lowest BCUT2D eigenvalue weighted by atomic mass is 10.0. The number of hydrogen-bond donors (Lipinski definition) is 4. The molecule has 0 bridgehead atoms. The Hall–Kier alpha value is -1.14. The molecule has 1 aromatic heterocycles. The number of phosphoric ester groups is 2. The first-order chi connectivity index (χ1) is 14.9. The van der Waals surface area contributed by atoms with Gasteiger partial charge in [0.25, 0.3) is 5.56 Å². The molecule has 0 amide bonds. The molecule has 1 aromatic rings. The van der Waals surface area contributed by atoms with Crippen LogP contribution < -0.4 is 11.2 Å². The molecule has 13 nitrogen and oxygen atoms in total. The molecule has 2 heterocycles. The molecule has 3 aliphatic rings. The molecule has 0 aromatic carbocycles. The summed E-state index contributed by atoms with van der Waals surface area (Å²) in [7, 11) is -9.78. The summed E-state index contributed by atoms with van der Waals surface area (Å²) in [6, 6.07) is 1.11. The van der Waals surface area contributed by atoms with E-state index in [0.29, 0.717) is 6.42 Å². The fourth-order valence-electron chi connectivity index (χ4n) is 4.59. The first kappa shape index (κ1) is 25.5. The van der Waals surface area contributed by atoms with Gasteiger partial charge in [-0.15, -0.1) is 0 Å². The second-order valence-corrected chi connectivity index (χ2v) is 10.9. The van der Waals surface area contributed by atoms with Crippen LogP contribution in [0.1, 0.15) is 27.2 Å². The SMILES string of the molecule is CCN(CC)CC.O=c1ccn([C@]23C[C@H]2[C@@H]2COP(=O)(O)OP(=O)(O)O[C@H]2[C@H]3O)c(=O)[nH]1. The number of phosphoric acid groups is 2. The van der Waals surface area contributed by atoms with Gasteiger partial charge in [-0.25, -0.2) is 13.9 Å². The lowest BCUT2D eigenvalue weighted by molar-refractivity contribution is -0.0352. The van der Waals surface area contributed by atoms with Crippen molar-refractivity contribution in [3.8, 4) is 0 Å². The van der Waals surface area contributed by atoms with E-state index in [-0.39, 0.29) is 6.61 Å². The monoisotopic (exact) mass is 497 g/mol. The fraction of sp³-hybridized carbons (Fsp3) is 0.765. The van der Waals surface area contributed by atoms with Crippen LogP contribution in [0.3, 0.4) is 0 Å². The molecule has 4 N–H and O–H groups in total. The number of aromatic nitrogens is 2. The van der Waals surface area contributed by atoms with Crippen LogP contribution >= 0.6 is 15.6 Å². The summed E-state index contributed by atoms with van der Waals surface area (Å²) < 4.78 is 38.3. The Morgan fingerprint density at radius 3 is 2.34 bits per heavy atom. The lowest BCUT2D eigenvalue weighted by Crippen LogP contribution is -2.45. The van der Waals surface area contributed by atoms with Crippen LogP contribution in [0.2, 0.25) is 0 Å². The zero-order chi connectivity index (χ0) is 23.9. The Kier molecular flexibility index (Phi) is 7.36. The third-order valence-electron chi connectivity index (χ3n) is 6.30. The number of aliphatic hydroxyl groups is 1. The van der Waals surface area contributed by atoms with Crippen LogP contribution in [0.5, 0.6) is 0 Å². The van der Waals surface area contributed by atoms with Gasteiger partial charge in [0.2, 0.25) is 0 Å². The molecule has 2 unspecified atom stereocenters. The van der Waals surface area contributed by atoms with E-state index in [0.717, 1.165) is 10.6 Å². The maximum absolute atomic E-state index is 12.1. The molecular weight excluding hydrogens is 468 g/mol. The van der Waals surface area contributed by atoms with Gasteiger partial charge in [-0.05, 0) is 32.0 Å². The normalized spacial score (nSPS) is 40.5. The van der Waals surface area contributed by atoms with Crippen LogP contribution in [0.15, 0.2) is 21.9 Å². The topological polar surface area (TPSA) is 181 Å². The van der Waals surface area contributed by atoms with Crippen molar-refractivity contribution in [2.75, 3.05) is 26.2 Å². The molecule has 0 radical (unpaired) electrons. The van der Waals surface area contributed by atoms with Crippen LogP contribution in [0.25, 0.3) is 0 Å². The van der Waals surface area contributed by atoms with E-state index in [1.807, 2.05) is 0 Å². The molecule has 182 valence electrons. The standard InChI is InChI=1S/C11H14N2O10P2.C6H15N/c14-7-1-2-13(10(16)12-7)11-3-6(11)5-4-21-24(17,18)23-25(19,20)22-8(5)9(11)15;1-4-7(5-2)6-3/h1-2,5-6,8-9,15H,3-4H2,(H,17,18)(H,19,20)(H,12,14,16);4-6H2,1-3H3/t5-,6-,8+,9+,11+;/m0./s1. The van der Waals surface area contributed by atoms with Crippen molar-refractivity contribution < 1.29 is 37.4 Å². The van der Waals surface area contributed by atoms with Gasteiger partial charge >= 0.3 is 21.3 Å². The van der Waals surface area contributed by atoms with Crippen LogP contribution in [0.4, 0.5) is 0 Å². The molecule has 3 fully saturated rings. The molecule has 2 saturated carbocycles. The van der Waals surface area contributed by atoms with E-state index in [9.17, 15) is 33.6 Å². The van der Waals surface area contributed by atoms with Crippen molar-refractivity contribution in [2.24, 2.45) is 11.8 Å². The molecule has 15 heteroatoms. The van der Waals surface area contributed by atoms with Crippen molar-refractivity contribution in [2.45, 2.75) is 44.9 Å². The maximum atomic E-state index is 12.1. The number of nitrogens with zero attached hydrogens (tertiary/aromatic N) is 2. The van der Waals surface area contributed by atoms with Crippen molar-refractivity contribution in [3.05, 3.63) is 33.1 Å². The predicted octanol–water partition coefficient (Wildman–Crippen LogP) is 0.223. The average Bonchev–Trinajstić information content (AvgIpc) is 3.38. The first-order valence-electron chi connectivity index (χ1n) is 10.3. The van der Waals surface area contributed by atoms with E-state index in [1.54, 1.807) is 0 Å². The summed E-state index contributed by atoms with van der Waals surface area (Å²) in [5.41, 5.74) is -2.52. The summed E-state index contributed by atoms with van der Waals surface area (Å²) in [5.74, 6) is -1.15. The number of rotatable bonds is 4. The summed E-state index contributed by atoms with van der Waals surface area (Å²) in [5, 5.41) is 10.7. The second-order valence-electron chi connectivity index (χ2n) is 7.89. The van der Waals surface area contributed by atoms with Gasteiger partial charge in [0, 0.05) is 18.2 Å². The zero-order valence-electron chi connectivity index (χ0n) is 18.0. The fourth-order valence-corrected chi connectivity index (χ4v) is 6.92. The van der Waals surface area contributed by atoms with E-state index >= 15 is 0 Å². The Bertz CT molecular complexity index is 1030. The zero-order valence-corrected chi connectivity index (χ0v) is 19.8. The van der Waals surface area contributed by atoms with E-state index in [4.69, 9.17) is 9.05 Å². The molecule has 2 aliphatic carbocycles. The number of fused-ring (bicyclic) bond motifs is 3. The Morgan fingerprint density at radius 1 is 1.19 bits per heavy atom. The quantitative estimate of drug-likeness (QED) is 0.418. The highest BCUT2D eigenvalue weighted by Gasteiger charge is 2.74. The number of nitrogens with one attached hydrogen (secondary N) is 1. The Labute approximate surface area is 184 Å². The smallest absolute Gasteiger partial charge is 0.388 e. The predicted molar refractivity (Wildman–Crippen MR) is 112 cm³/mol.